The van der Waals surface area contributed by atoms with Crippen LogP contribution in [-0.4, -0.2) is 62.1 Å². The van der Waals surface area contributed by atoms with Gasteiger partial charge in [0, 0.05) is 38.6 Å². The van der Waals surface area contributed by atoms with Crippen molar-refractivity contribution in [1.29, 1.82) is 0 Å². The lowest BCUT2D eigenvalue weighted by Gasteiger charge is -2.39. The van der Waals surface area contributed by atoms with Gasteiger partial charge in [0.2, 0.25) is 5.91 Å². The van der Waals surface area contributed by atoms with Gasteiger partial charge < -0.3 is 15.0 Å². The number of nitrogens with zero attached hydrogens (tertiary/aromatic N) is 2. The highest BCUT2D eigenvalue weighted by atomic mass is 16.5. The fraction of sp³-hybridized carbons (Fsp3) is 0.696. The average molecular weight is 388 g/mol. The second kappa shape index (κ2) is 10.3. The van der Waals surface area contributed by atoms with Crippen LogP contribution in [0.5, 0.6) is 5.75 Å². The molecule has 2 unspecified atom stereocenters. The van der Waals surface area contributed by atoms with Crippen molar-refractivity contribution in [3.63, 3.8) is 0 Å². The first-order valence-corrected chi connectivity index (χ1v) is 11.0. The largest absolute Gasteiger partial charge is 0.497 e. The van der Waals surface area contributed by atoms with Crippen LogP contribution in [0.1, 0.15) is 51.1 Å². The van der Waals surface area contributed by atoms with Crippen LogP contribution in [0.2, 0.25) is 0 Å². The molecule has 0 aromatic heterocycles. The summed E-state index contributed by atoms with van der Waals surface area (Å²) in [7, 11) is 1.70. The number of benzene rings is 1. The molecule has 1 heterocycles. The SMILES string of the molecule is CCN1CCN(C(CNC(=O)C(C)C2CCCC2)c2ccc(OC)cc2)CC1. The molecule has 1 saturated carbocycles. The first-order valence-electron chi connectivity index (χ1n) is 11.0. The Morgan fingerprint density at radius 2 is 1.79 bits per heavy atom. The third kappa shape index (κ3) is 5.26. The summed E-state index contributed by atoms with van der Waals surface area (Å²) in [4.78, 5) is 17.8. The summed E-state index contributed by atoms with van der Waals surface area (Å²) in [5, 5.41) is 3.28. The van der Waals surface area contributed by atoms with Crippen molar-refractivity contribution in [1.82, 2.24) is 15.1 Å². The zero-order valence-corrected chi connectivity index (χ0v) is 17.8. The molecule has 2 fully saturated rings. The fourth-order valence-electron chi connectivity index (χ4n) is 4.70. The van der Waals surface area contributed by atoms with Crippen molar-refractivity contribution in [3.8, 4) is 5.75 Å². The molecule has 5 heteroatoms. The van der Waals surface area contributed by atoms with E-state index in [1.807, 2.05) is 12.1 Å². The molecule has 1 aromatic rings. The predicted molar refractivity (Wildman–Crippen MR) is 114 cm³/mol. The Morgan fingerprint density at radius 3 is 2.36 bits per heavy atom. The molecule has 28 heavy (non-hydrogen) atoms. The first-order chi connectivity index (χ1) is 13.6. The Labute approximate surface area is 170 Å². The highest BCUT2D eigenvalue weighted by Gasteiger charge is 2.29. The van der Waals surface area contributed by atoms with Crippen LogP contribution in [0.3, 0.4) is 0 Å². The highest BCUT2D eigenvalue weighted by Crippen LogP contribution is 2.31. The molecule has 1 aliphatic carbocycles. The van der Waals surface area contributed by atoms with E-state index in [1.54, 1.807) is 7.11 Å². The van der Waals surface area contributed by atoms with E-state index in [2.05, 4.69) is 41.1 Å². The first kappa shape index (κ1) is 21.1. The Hall–Kier alpha value is -1.59. The highest BCUT2D eigenvalue weighted by molar-refractivity contribution is 5.78. The molecule has 1 aliphatic heterocycles. The molecule has 156 valence electrons. The third-order valence-electron chi connectivity index (χ3n) is 6.79. The van der Waals surface area contributed by atoms with Gasteiger partial charge in [0.25, 0.3) is 0 Å². The minimum Gasteiger partial charge on any atom is -0.497 e. The van der Waals surface area contributed by atoms with Gasteiger partial charge in [0.05, 0.1) is 13.2 Å². The number of ether oxygens (including phenoxy) is 1. The fourth-order valence-corrected chi connectivity index (χ4v) is 4.70. The van der Waals surface area contributed by atoms with Gasteiger partial charge in [-0.25, -0.2) is 0 Å². The second-order valence-electron chi connectivity index (χ2n) is 8.34. The quantitative estimate of drug-likeness (QED) is 0.743. The number of rotatable bonds is 8. The van der Waals surface area contributed by atoms with E-state index in [9.17, 15) is 4.79 Å². The minimum absolute atomic E-state index is 0.121. The molecule has 1 amide bonds. The molecule has 2 aliphatic rings. The van der Waals surface area contributed by atoms with Gasteiger partial charge in [-0.1, -0.05) is 38.8 Å². The molecule has 0 radical (unpaired) electrons. The van der Waals surface area contributed by atoms with Crippen molar-refractivity contribution in [2.45, 2.75) is 45.6 Å². The van der Waals surface area contributed by atoms with E-state index in [0.717, 1.165) is 38.5 Å². The van der Waals surface area contributed by atoms with Crippen LogP contribution >= 0.6 is 0 Å². The zero-order valence-electron chi connectivity index (χ0n) is 17.8. The number of likely N-dealkylation sites (N-methyl/N-ethyl adjacent to an activating group) is 1. The van der Waals surface area contributed by atoms with Gasteiger partial charge in [0.15, 0.2) is 0 Å². The number of hydrogen-bond donors (Lipinski definition) is 1. The molecule has 1 N–H and O–H groups in total. The summed E-state index contributed by atoms with van der Waals surface area (Å²) in [6, 6.07) is 8.54. The van der Waals surface area contributed by atoms with Gasteiger partial charge in [-0.15, -0.1) is 0 Å². The lowest BCUT2D eigenvalue weighted by Crippen LogP contribution is -2.50. The summed E-state index contributed by atoms with van der Waals surface area (Å²) in [5.74, 6) is 1.78. The van der Waals surface area contributed by atoms with Crippen molar-refractivity contribution in [2.75, 3.05) is 46.4 Å². The molecule has 3 rings (SSSR count). The third-order valence-corrected chi connectivity index (χ3v) is 6.79. The lowest BCUT2D eigenvalue weighted by molar-refractivity contribution is -0.126. The second-order valence-corrected chi connectivity index (χ2v) is 8.34. The summed E-state index contributed by atoms with van der Waals surface area (Å²) >= 11 is 0. The number of carbonyl (C=O) groups is 1. The number of amides is 1. The van der Waals surface area contributed by atoms with Crippen molar-refractivity contribution < 1.29 is 9.53 Å². The molecule has 1 aromatic carbocycles. The van der Waals surface area contributed by atoms with E-state index < -0.39 is 0 Å². The Kier molecular flexibility index (Phi) is 7.74. The van der Waals surface area contributed by atoms with Crippen LogP contribution in [0.4, 0.5) is 0 Å². The number of piperazine rings is 1. The van der Waals surface area contributed by atoms with Crippen LogP contribution in [-0.2, 0) is 4.79 Å². The zero-order chi connectivity index (χ0) is 19.9. The number of nitrogens with one attached hydrogen (secondary N) is 1. The van der Waals surface area contributed by atoms with Crippen LogP contribution in [0.15, 0.2) is 24.3 Å². The number of carbonyl (C=O) groups excluding carboxylic acids is 1. The predicted octanol–water partition coefficient (Wildman–Crippen LogP) is 3.32. The maximum absolute atomic E-state index is 12.8. The minimum atomic E-state index is 0.121. The molecular weight excluding hydrogens is 350 g/mol. The molecule has 1 saturated heterocycles. The topological polar surface area (TPSA) is 44.8 Å². The smallest absolute Gasteiger partial charge is 0.223 e. The average Bonchev–Trinajstić information content (AvgIpc) is 3.29. The van der Waals surface area contributed by atoms with E-state index >= 15 is 0 Å². The Morgan fingerprint density at radius 1 is 1.14 bits per heavy atom. The summed E-state index contributed by atoms with van der Waals surface area (Å²) in [5.41, 5.74) is 1.25. The van der Waals surface area contributed by atoms with Gasteiger partial charge in [-0.2, -0.15) is 0 Å². The maximum atomic E-state index is 12.8. The van der Waals surface area contributed by atoms with Crippen LogP contribution in [0.25, 0.3) is 0 Å². The Balaban J connectivity index is 1.65. The molecule has 2 atom stereocenters. The number of methoxy groups -OCH3 is 1. The summed E-state index contributed by atoms with van der Waals surface area (Å²) < 4.78 is 5.32. The van der Waals surface area contributed by atoms with Gasteiger partial charge in [-0.05, 0) is 43.0 Å². The number of hydrogen-bond acceptors (Lipinski definition) is 4. The van der Waals surface area contributed by atoms with E-state index in [4.69, 9.17) is 4.74 Å². The Bertz CT molecular complexity index is 605. The maximum Gasteiger partial charge on any atom is 0.223 e. The van der Waals surface area contributed by atoms with Gasteiger partial charge >= 0.3 is 0 Å². The summed E-state index contributed by atoms with van der Waals surface area (Å²) in [6.45, 7) is 10.4. The van der Waals surface area contributed by atoms with Crippen LogP contribution in [0, 0.1) is 11.8 Å². The van der Waals surface area contributed by atoms with E-state index in [1.165, 1.54) is 31.2 Å². The van der Waals surface area contributed by atoms with Gasteiger partial charge in [0.1, 0.15) is 5.75 Å². The van der Waals surface area contributed by atoms with Crippen LogP contribution < -0.4 is 10.1 Å². The van der Waals surface area contributed by atoms with Crippen molar-refractivity contribution in [3.05, 3.63) is 29.8 Å². The van der Waals surface area contributed by atoms with Gasteiger partial charge in [-0.3, -0.25) is 9.69 Å². The molecular formula is C23H37N3O2. The van der Waals surface area contributed by atoms with E-state index in [0.29, 0.717) is 12.5 Å². The van der Waals surface area contributed by atoms with Crippen molar-refractivity contribution in [2.24, 2.45) is 11.8 Å². The molecule has 5 nitrogen and oxygen atoms in total. The standard InChI is InChI=1S/C23H37N3O2/c1-4-25-13-15-26(16-14-25)22(20-9-11-21(28-3)12-10-20)17-24-23(27)18(2)19-7-5-6-8-19/h9-12,18-19,22H,4-8,13-17H2,1-3H3,(H,24,27). The molecule has 0 spiro atoms. The lowest BCUT2D eigenvalue weighted by atomic mass is 9.91. The van der Waals surface area contributed by atoms with Crippen molar-refractivity contribution >= 4 is 5.91 Å². The normalized spacial score (nSPS) is 21.4. The summed E-state index contributed by atoms with van der Waals surface area (Å²) in [6.07, 6.45) is 4.96. The monoisotopic (exact) mass is 387 g/mol. The van der Waals surface area contributed by atoms with E-state index in [-0.39, 0.29) is 17.9 Å². The molecule has 0 bridgehead atoms.